The summed E-state index contributed by atoms with van der Waals surface area (Å²) >= 11 is 0. The van der Waals surface area contributed by atoms with Crippen LogP contribution in [0.2, 0.25) is 0 Å². The van der Waals surface area contributed by atoms with E-state index in [9.17, 15) is 19.5 Å². The predicted octanol–water partition coefficient (Wildman–Crippen LogP) is 4.59. The number of ketones is 1. The molecule has 1 saturated heterocycles. The molecule has 2 amide bonds. The molecule has 0 bridgehead atoms. The molecule has 7 heteroatoms. The molecule has 3 aromatic rings. The molecule has 7 nitrogen and oxygen atoms in total. The first-order valence-electron chi connectivity index (χ1n) is 10.7. The zero-order chi connectivity index (χ0) is 24.4. The van der Waals surface area contributed by atoms with Crippen LogP contribution in [0.25, 0.3) is 5.76 Å². The fraction of sp³-hybridized carbons (Fsp3) is 0.148. The van der Waals surface area contributed by atoms with Gasteiger partial charge in [0.2, 0.25) is 5.91 Å². The van der Waals surface area contributed by atoms with Crippen LogP contribution in [0.1, 0.15) is 29.7 Å². The third kappa shape index (κ3) is 4.28. The van der Waals surface area contributed by atoms with E-state index >= 15 is 0 Å². The maximum atomic E-state index is 13.3. The van der Waals surface area contributed by atoms with Gasteiger partial charge in [-0.05, 0) is 42.8 Å². The fourth-order valence-electron chi connectivity index (χ4n) is 4.03. The highest BCUT2D eigenvalue weighted by atomic mass is 16.5. The van der Waals surface area contributed by atoms with E-state index in [-0.39, 0.29) is 17.2 Å². The van der Waals surface area contributed by atoms with E-state index in [0.717, 1.165) is 5.56 Å². The van der Waals surface area contributed by atoms with Gasteiger partial charge in [0.05, 0.1) is 18.7 Å². The van der Waals surface area contributed by atoms with Crippen molar-refractivity contribution in [1.82, 2.24) is 0 Å². The number of anilines is 2. The molecule has 1 aliphatic rings. The minimum Gasteiger partial charge on any atom is -0.507 e. The standard InChI is InChI=1S/C27H24N2O5/c1-16-10-12-18(13-11-16)25(31)23-24(19-6-4-9-22(14-19)34-3)29(27(33)26(23)32)21-8-5-7-20(15-21)28-17(2)30/h4-15,24,31H,1-3H3,(H,28,30)/b25-23+. The normalized spacial score (nSPS) is 17.0. The number of hydrogen-bond acceptors (Lipinski definition) is 5. The zero-order valence-corrected chi connectivity index (χ0v) is 19.0. The summed E-state index contributed by atoms with van der Waals surface area (Å²) in [5, 5.41) is 13.9. The van der Waals surface area contributed by atoms with Gasteiger partial charge in [0.25, 0.3) is 11.7 Å². The molecular weight excluding hydrogens is 432 g/mol. The number of aryl methyl sites for hydroxylation is 1. The lowest BCUT2D eigenvalue weighted by molar-refractivity contribution is -0.132. The van der Waals surface area contributed by atoms with Crippen LogP contribution in [0.15, 0.2) is 78.4 Å². The number of aliphatic hydroxyl groups excluding tert-OH is 1. The second-order valence-corrected chi connectivity index (χ2v) is 8.04. The quantitative estimate of drug-likeness (QED) is 0.333. The minimum atomic E-state index is -0.899. The SMILES string of the molecule is COc1cccc(C2/C(=C(\O)c3ccc(C)cc3)C(=O)C(=O)N2c2cccc(NC(C)=O)c2)c1. The number of nitrogens with zero attached hydrogens (tertiary/aromatic N) is 1. The Morgan fingerprint density at radius 3 is 2.38 bits per heavy atom. The van der Waals surface area contributed by atoms with Crippen LogP contribution in [0.4, 0.5) is 11.4 Å². The molecule has 1 heterocycles. The highest BCUT2D eigenvalue weighted by molar-refractivity contribution is 6.51. The third-order valence-electron chi connectivity index (χ3n) is 5.62. The zero-order valence-electron chi connectivity index (χ0n) is 19.0. The number of hydrogen-bond donors (Lipinski definition) is 2. The van der Waals surface area contributed by atoms with Crippen molar-refractivity contribution in [2.24, 2.45) is 0 Å². The van der Waals surface area contributed by atoms with Crippen LogP contribution >= 0.6 is 0 Å². The number of benzene rings is 3. The first kappa shape index (κ1) is 22.8. The van der Waals surface area contributed by atoms with Crippen molar-refractivity contribution in [3.63, 3.8) is 0 Å². The van der Waals surface area contributed by atoms with Crippen molar-refractivity contribution in [2.75, 3.05) is 17.3 Å². The molecule has 4 rings (SSSR count). The van der Waals surface area contributed by atoms with Gasteiger partial charge in [-0.2, -0.15) is 0 Å². The molecule has 1 aliphatic heterocycles. The van der Waals surface area contributed by atoms with Gasteiger partial charge in [-0.25, -0.2) is 0 Å². The molecule has 172 valence electrons. The number of carbonyl (C=O) groups excluding carboxylic acids is 3. The molecule has 1 fully saturated rings. The van der Waals surface area contributed by atoms with E-state index in [0.29, 0.717) is 28.3 Å². The van der Waals surface area contributed by atoms with Crippen molar-refractivity contribution in [3.8, 4) is 5.75 Å². The minimum absolute atomic E-state index is 0.0213. The molecule has 34 heavy (non-hydrogen) atoms. The Morgan fingerprint density at radius 2 is 1.71 bits per heavy atom. The highest BCUT2D eigenvalue weighted by Crippen LogP contribution is 2.43. The molecular formula is C27H24N2O5. The monoisotopic (exact) mass is 456 g/mol. The maximum Gasteiger partial charge on any atom is 0.300 e. The van der Waals surface area contributed by atoms with E-state index in [1.165, 1.54) is 18.9 Å². The fourth-order valence-corrected chi connectivity index (χ4v) is 4.03. The van der Waals surface area contributed by atoms with Gasteiger partial charge in [0.15, 0.2) is 0 Å². The number of carbonyl (C=O) groups is 3. The Balaban J connectivity index is 1.93. The molecule has 0 radical (unpaired) electrons. The van der Waals surface area contributed by atoms with Crippen LogP contribution < -0.4 is 15.0 Å². The van der Waals surface area contributed by atoms with Gasteiger partial charge in [-0.1, -0.05) is 48.0 Å². The van der Waals surface area contributed by atoms with Gasteiger partial charge < -0.3 is 15.2 Å². The Bertz CT molecular complexity index is 1310. The van der Waals surface area contributed by atoms with Crippen molar-refractivity contribution in [2.45, 2.75) is 19.9 Å². The maximum absolute atomic E-state index is 13.3. The summed E-state index contributed by atoms with van der Waals surface area (Å²) < 4.78 is 5.35. The number of aliphatic hydroxyl groups is 1. The molecule has 1 atom stereocenters. The average molecular weight is 456 g/mol. The number of rotatable bonds is 5. The highest BCUT2D eigenvalue weighted by Gasteiger charge is 2.47. The van der Waals surface area contributed by atoms with Gasteiger partial charge in [0, 0.05) is 23.9 Å². The van der Waals surface area contributed by atoms with Crippen LogP contribution in [0.5, 0.6) is 5.75 Å². The van der Waals surface area contributed by atoms with Gasteiger partial charge in [-0.3, -0.25) is 19.3 Å². The Morgan fingerprint density at radius 1 is 1.00 bits per heavy atom. The smallest absolute Gasteiger partial charge is 0.300 e. The summed E-state index contributed by atoms with van der Waals surface area (Å²) in [4.78, 5) is 39.4. The second kappa shape index (κ2) is 9.23. The van der Waals surface area contributed by atoms with Crippen molar-refractivity contribution in [3.05, 3.63) is 95.1 Å². The molecule has 0 spiro atoms. The summed E-state index contributed by atoms with van der Waals surface area (Å²) in [6.45, 7) is 3.30. The number of nitrogens with one attached hydrogen (secondary N) is 1. The van der Waals surface area contributed by atoms with Crippen LogP contribution in [0, 0.1) is 6.92 Å². The summed E-state index contributed by atoms with van der Waals surface area (Å²) in [7, 11) is 1.53. The lowest BCUT2D eigenvalue weighted by Crippen LogP contribution is -2.29. The van der Waals surface area contributed by atoms with Gasteiger partial charge in [-0.15, -0.1) is 0 Å². The number of Topliss-reactive ketones (excluding diaryl/α,β-unsaturated/α-hetero) is 1. The molecule has 0 saturated carbocycles. The second-order valence-electron chi connectivity index (χ2n) is 8.04. The van der Waals surface area contributed by atoms with E-state index in [4.69, 9.17) is 4.74 Å². The summed E-state index contributed by atoms with van der Waals surface area (Å²) in [6, 6.07) is 19.8. The van der Waals surface area contributed by atoms with E-state index < -0.39 is 17.7 Å². The number of ether oxygens (including phenoxy) is 1. The topological polar surface area (TPSA) is 95.9 Å². The third-order valence-corrected chi connectivity index (χ3v) is 5.62. The first-order chi connectivity index (χ1) is 16.3. The van der Waals surface area contributed by atoms with Crippen LogP contribution in [-0.4, -0.2) is 29.8 Å². The van der Waals surface area contributed by atoms with Crippen molar-refractivity contribution in [1.29, 1.82) is 0 Å². The average Bonchev–Trinajstić information content (AvgIpc) is 3.09. The summed E-state index contributed by atoms with van der Waals surface area (Å²) in [5.41, 5.74) is 2.89. The Hall–Kier alpha value is -4.39. The number of amides is 2. The summed E-state index contributed by atoms with van der Waals surface area (Å²) in [6.07, 6.45) is 0. The van der Waals surface area contributed by atoms with E-state index in [1.807, 2.05) is 19.1 Å². The van der Waals surface area contributed by atoms with E-state index in [2.05, 4.69) is 5.32 Å². The molecule has 2 N–H and O–H groups in total. The lowest BCUT2D eigenvalue weighted by Gasteiger charge is -2.26. The summed E-state index contributed by atoms with van der Waals surface area (Å²) in [5.74, 6) is -1.54. The van der Waals surface area contributed by atoms with Gasteiger partial charge >= 0.3 is 0 Å². The van der Waals surface area contributed by atoms with Crippen LogP contribution in [0.3, 0.4) is 0 Å². The van der Waals surface area contributed by atoms with Crippen molar-refractivity contribution >= 4 is 34.7 Å². The lowest BCUT2D eigenvalue weighted by atomic mass is 9.94. The van der Waals surface area contributed by atoms with E-state index in [1.54, 1.807) is 60.7 Å². The van der Waals surface area contributed by atoms with Crippen molar-refractivity contribution < 1.29 is 24.2 Å². The number of methoxy groups -OCH3 is 1. The molecule has 3 aromatic carbocycles. The molecule has 1 unspecified atom stereocenters. The van der Waals surface area contributed by atoms with Crippen LogP contribution in [-0.2, 0) is 14.4 Å². The van der Waals surface area contributed by atoms with Gasteiger partial charge in [0.1, 0.15) is 11.5 Å². The molecule has 0 aliphatic carbocycles. The Kier molecular flexibility index (Phi) is 6.19. The predicted molar refractivity (Wildman–Crippen MR) is 130 cm³/mol. The molecule has 0 aromatic heterocycles. The largest absolute Gasteiger partial charge is 0.507 e. The Labute approximate surface area is 197 Å². The first-order valence-corrected chi connectivity index (χ1v) is 10.7.